The first-order valence-electron chi connectivity index (χ1n) is 8.95. The number of halogens is 1. The van der Waals surface area contributed by atoms with Gasteiger partial charge in [0.05, 0.1) is 22.8 Å². The molecule has 0 fully saturated rings. The number of nitrogens with one attached hydrogen (secondary N) is 1. The molecule has 2 heterocycles. The van der Waals surface area contributed by atoms with Crippen molar-refractivity contribution in [1.29, 1.82) is 0 Å². The van der Waals surface area contributed by atoms with Crippen LogP contribution in [0, 0.1) is 0 Å². The van der Waals surface area contributed by atoms with Gasteiger partial charge in [-0.25, -0.2) is 4.98 Å². The largest absolute Gasteiger partial charge is 0.486 e. The molecule has 0 saturated heterocycles. The second-order valence-electron chi connectivity index (χ2n) is 6.57. The smallest absolute Gasteiger partial charge is 0.230 e. The lowest BCUT2D eigenvalue weighted by Crippen LogP contribution is -2.28. The third kappa shape index (κ3) is 3.91. The molecule has 1 aliphatic heterocycles. The highest BCUT2D eigenvalue weighted by Gasteiger charge is 2.17. The number of ether oxygens (including phenoxy) is 2. The van der Waals surface area contributed by atoms with Gasteiger partial charge in [-0.15, -0.1) is 0 Å². The number of amides is 1. The second kappa shape index (κ2) is 7.93. The first-order chi connectivity index (χ1) is 13.5. The van der Waals surface area contributed by atoms with Crippen molar-refractivity contribution in [2.45, 2.75) is 18.1 Å². The van der Waals surface area contributed by atoms with Gasteiger partial charge in [-0.1, -0.05) is 29.4 Å². The van der Waals surface area contributed by atoms with E-state index >= 15 is 0 Å². The van der Waals surface area contributed by atoms with Crippen molar-refractivity contribution in [1.82, 2.24) is 14.9 Å². The van der Waals surface area contributed by atoms with Crippen molar-refractivity contribution in [3.63, 3.8) is 0 Å². The number of hydrogen-bond acceptors (Lipinski definition) is 5. The Kier molecular flexibility index (Phi) is 5.37. The molecule has 6 nitrogen and oxygen atoms in total. The lowest BCUT2D eigenvalue weighted by atomic mass is 10.1. The third-order valence-corrected chi connectivity index (χ3v) is 5.84. The Morgan fingerprint density at radius 3 is 2.86 bits per heavy atom. The summed E-state index contributed by atoms with van der Waals surface area (Å²) < 4.78 is 13.1. The summed E-state index contributed by atoms with van der Waals surface area (Å²) in [5.74, 6) is 1.68. The number of thioether (sulfide) groups is 1. The van der Waals surface area contributed by atoms with Gasteiger partial charge >= 0.3 is 0 Å². The number of aromatic nitrogens is 2. The highest BCUT2D eigenvalue weighted by Crippen LogP contribution is 2.32. The van der Waals surface area contributed by atoms with Gasteiger partial charge in [0.1, 0.15) is 13.2 Å². The van der Waals surface area contributed by atoms with Crippen LogP contribution in [0.15, 0.2) is 41.6 Å². The molecule has 0 bridgehead atoms. The van der Waals surface area contributed by atoms with E-state index in [-0.39, 0.29) is 17.7 Å². The number of carbonyl (C=O) groups excluding carboxylic acids is 1. The minimum atomic E-state index is -0.136. The van der Waals surface area contributed by atoms with Crippen LogP contribution in [0.3, 0.4) is 0 Å². The molecule has 1 aromatic heterocycles. The van der Waals surface area contributed by atoms with Crippen LogP contribution in [0.2, 0.25) is 5.02 Å². The van der Waals surface area contributed by atoms with Gasteiger partial charge in [0, 0.05) is 12.1 Å². The molecule has 1 amide bonds. The molecular weight excluding hydrogens is 398 g/mol. The van der Waals surface area contributed by atoms with E-state index < -0.39 is 0 Å². The molecule has 3 aromatic rings. The van der Waals surface area contributed by atoms with Crippen molar-refractivity contribution in [3.8, 4) is 11.5 Å². The zero-order chi connectivity index (χ0) is 19.7. The van der Waals surface area contributed by atoms with Gasteiger partial charge in [-0.3, -0.25) is 4.79 Å². The van der Waals surface area contributed by atoms with Crippen LogP contribution in [0.25, 0.3) is 11.0 Å². The Balaban J connectivity index is 1.38. The summed E-state index contributed by atoms with van der Waals surface area (Å²) in [5, 5.41) is 4.44. The first kappa shape index (κ1) is 19.0. The molecule has 0 radical (unpaired) electrons. The van der Waals surface area contributed by atoms with E-state index in [0.717, 1.165) is 33.3 Å². The number of imidazole rings is 1. The summed E-state index contributed by atoms with van der Waals surface area (Å²) in [7, 11) is 1.93. The molecule has 8 heteroatoms. The minimum Gasteiger partial charge on any atom is -0.486 e. The lowest BCUT2D eigenvalue weighted by Gasteiger charge is -2.21. The average Bonchev–Trinajstić information content (AvgIpc) is 3.00. The van der Waals surface area contributed by atoms with Crippen LogP contribution in [0.5, 0.6) is 11.5 Å². The lowest BCUT2D eigenvalue weighted by molar-refractivity contribution is -0.119. The Morgan fingerprint density at radius 1 is 1.25 bits per heavy atom. The fourth-order valence-corrected chi connectivity index (χ4v) is 4.07. The first-order valence-corrected chi connectivity index (χ1v) is 10.3. The topological polar surface area (TPSA) is 65.4 Å². The van der Waals surface area contributed by atoms with E-state index in [1.54, 1.807) is 0 Å². The van der Waals surface area contributed by atoms with Gasteiger partial charge in [0.25, 0.3) is 0 Å². The maximum absolute atomic E-state index is 12.4. The number of benzene rings is 2. The molecule has 4 rings (SSSR count). The molecule has 1 N–H and O–H groups in total. The Hall–Kier alpha value is -2.38. The molecule has 0 aliphatic carbocycles. The van der Waals surface area contributed by atoms with Crippen LogP contribution in [-0.4, -0.2) is 34.4 Å². The number of fused-ring (bicyclic) bond motifs is 2. The highest BCUT2D eigenvalue weighted by atomic mass is 35.5. The Bertz CT molecular complexity index is 1040. The van der Waals surface area contributed by atoms with Crippen molar-refractivity contribution in [2.24, 2.45) is 7.05 Å². The summed E-state index contributed by atoms with van der Waals surface area (Å²) >= 11 is 7.43. The fourth-order valence-electron chi connectivity index (χ4n) is 3.11. The monoisotopic (exact) mass is 417 g/mol. The molecule has 1 aliphatic rings. The Labute approximate surface area is 172 Å². The van der Waals surface area contributed by atoms with Crippen LogP contribution < -0.4 is 14.8 Å². The molecule has 0 saturated carbocycles. The maximum atomic E-state index is 12.4. The van der Waals surface area contributed by atoms with Crippen LogP contribution in [-0.2, 0) is 11.8 Å². The van der Waals surface area contributed by atoms with Crippen molar-refractivity contribution in [3.05, 3.63) is 47.0 Å². The van der Waals surface area contributed by atoms with E-state index in [4.69, 9.17) is 21.1 Å². The van der Waals surface area contributed by atoms with Crippen molar-refractivity contribution >= 4 is 40.3 Å². The predicted molar refractivity (Wildman–Crippen MR) is 110 cm³/mol. The summed E-state index contributed by atoms with van der Waals surface area (Å²) in [5.41, 5.74) is 2.78. The van der Waals surface area contributed by atoms with E-state index in [1.165, 1.54) is 11.8 Å². The number of carbonyl (C=O) groups is 1. The number of aryl methyl sites for hydroxylation is 1. The zero-order valence-electron chi connectivity index (χ0n) is 15.6. The molecular formula is C20H20ClN3O3S. The molecule has 0 spiro atoms. The number of rotatable bonds is 5. The number of nitrogens with zero attached hydrogens (tertiary/aromatic N) is 2. The summed E-state index contributed by atoms with van der Waals surface area (Å²) in [6, 6.07) is 11.2. The predicted octanol–water partition coefficient (Wildman–Crippen LogP) is 3.97. The van der Waals surface area contributed by atoms with Gasteiger partial charge in [0.15, 0.2) is 16.7 Å². The molecule has 1 unspecified atom stereocenters. The molecule has 2 aromatic carbocycles. The van der Waals surface area contributed by atoms with E-state index in [9.17, 15) is 4.79 Å². The van der Waals surface area contributed by atoms with Gasteiger partial charge in [-0.05, 0) is 42.8 Å². The highest BCUT2D eigenvalue weighted by molar-refractivity contribution is 7.99. The standard InChI is InChI=1S/C20H20ClN3O3S/c1-12(13-3-6-17-18(9-13)27-8-7-26-17)22-19(25)11-28-20-23-15-10-14(21)4-5-16(15)24(20)2/h3-6,9-10,12H,7-8,11H2,1-2H3,(H,22,25). The van der Waals surface area contributed by atoms with Gasteiger partial charge in [0.2, 0.25) is 5.91 Å². The zero-order valence-corrected chi connectivity index (χ0v) is 17.1. The van der Waals surface area contributed by atoms with Crippen LogP contribution in [0.4, 0.5) is 0 Å². The summed E-state index contributed by atoms with van der Waals surface area (Å²) in [4.78, 5) is 17.0. The van der Waals surface area contributed by atoms with E-state index in [0.29, 0.717) is 18.2 Å². The quantitative estimate of drug-likeness (QED) is 0.636. The van der Waals surface area contributed by atoms with Gasteiger partial charge in [-0.2, -0.15) is 0 Å². The summed E-state index contributed by atoms with van der Waals surface area (Å²) in [6.07, 6.45) is 0. The van der Waals surface area contributed by atoms with E-state index in [1.807, 2.05) is 54.9 Å². The molecule has 146 valence electrons. The third-order valence-electron chi connectivity index (χ3n) is 4.58. The average molecular weight is 418 g/mol. The van der Waals surface area contributed by atoms with Crippen molar-refractivity contribution in [2.75, 3.05) is 19.0 Å². The maximum Gasteiger partial charge on any atom is 0.230 e. The SMILES string of the molecule is CC(NC(=O)CSc1nc2cc(Cl)ccc2n1C)c1ccc2c(c1)OCCO2. The summed E-state index contributed by atoms with van der Waals surface area (Å²) in [6.45, 7) is 3.05. The van der Waals surface area contributed by atoms with Crippen molar-refractivity contribution < 1.29 is 14.3 Å². The normalized spacial score (nSPS) is 14.1. The molecule has 28 heavy (non-hydrogen) atoms. The molecule has 1 atom stereocenters. The van der Waals surface area contributed by atoms with Crippen LogP contribution in [0.1, 0.15) is 18.5 Å². The Morgan fingerprint density at radius 2 is 2.04 bits per heavy atom. The second-order valence-corrected chi connectivity index (χ2v) is 7.95. The van der Waals surface area contributed by atoms with Gasteiger partial charge < -0.3 is 19.4 Å². The van der Waals surface area contributed by atoms with E-state index in [2.05, 4.69) is 10.3 Å². The fraction of sp³-hybridized carbons (Fsp3) is 0.300. The minimum absolute atomic E-state index is 0.0579. The number of hydrogen-bond donors (Lipinski definition) is 1. The van der Waals surface area contributed by atoms with Crippen LogP contribution >= 0.6 is 23.4 Å².